The molecule has 30 heavy (non-hydrogen) atoms. The Morgan fingerprint density at radius 2 is 1.83 bits per heavy atom. The Balaban J connectivity index is 1.93. The number of aryl methyl sites for hydroxylation is 1. The number of carbonyl (C=O) groups is 1. The highest BCUT2D eigenvalue weighted by Crippen LogP contribution is 2.26. The van der Waals surface area contributed by atoms with E-state index in [2.05, 4.69) is 16.9 Å². The standard InChI is InChI=1S/C22H20ClN3O3S/c1-3-14-26(19-12-10-18(23)11-13-19)30(28,29)20-8-5-7-17(15-20)22(27)25-21-9-4-6-16(2)24-21/h3-13,15H,1,14H2,2H3,(H,24,25,27). The Morgan fingerprint density at radius 1 is 1.13 bits per heavy atom. The van der Waals surface area contributed by atoms with Crippen molar-refractivity contribution in [3.8, 4) is 0 Å². The van der Waals surface area contributed by atoms with Crippen LogP contribution in [0.4, 0.5) is 11.5 Å². The molecule has 0 fully saturated rings. The summed E-state index contributed by atoms with van der Waals surface area (Å²) in [7, 11) is -3.94. The molecule has 0 spiro atoms. The maximum Gasteiger partial charge on any atom is 0.264 e. The second kappa shape index (κ2) is 9.11. The number of anilines is 2. The van der Waals surface area contributed by atoms with Crippen molar-refractivity contribution in [2.45, 2.75) is 11.8 Å². The van der Waals surface area contributed by atoms with Crippen molar-refractivity contribution in [1.82, 2.24) is 4.98 Å². The Kier molecular flexibility index (Phi) is 6.54. The second-order valence-corrected chi connectivity index (χ2v) is 8.75. The molecule has 1 N–H and O–H groups in total. The van der Waals surface area contributed by atoms with Gasteiger partial charge in [-0.1, -0.05) is 29.8 Å². The predicted octanol–water partition coefficient (Wildman–Crippen LogP) is 4.68. The van der Waals surface area contributed by atoms with Crippen molar-refractivity contribution in [2.75, 3.05) is 16.2 Å². The summed E-state index contributed by atoms with van der Waals surface area (Å²) < 4.78 is 27.8. The maximum absolute atomic E-state index is 13.3. The third-order valence-corrected chi connectivity index (χ3v) is 6.27. The lowest BCUT2D eigenvalue weighted by atomic mass is 10.2. The number of rotatable bonds is 7. The molecule has 0 atom stereocenters. The van der Waals surface area contributed by atoms with Crippen LogP contribution in [-0.2, 0) is 10.0 Å². The molecule has 0 aliphatic rings. The maximum atomic E-state index is 13.3. The lowest BCUT2D eigenvalue weighted by Crippen LogP contribution is -2.31. The first kappa shape index (κ1) is 21.5. The number of halogens is 1. The van der Waals surface area contributed by atoms with E-state index in [1.807, 2.05) is 13.0 Å². The molecular formula is C22H20ClN3O3S. The summed E-state index contributed by atoms with van der Waals surface area (Å²) in [5.74, 6) is -0.0605. The SMILES string of the molecule is C=CCN(c1ccc(Cl)cc1)S(=O)(=O)c1cccc(C(=O)Nc2cccc(C)n2)c1. The first-order chi connectivity index (χ1) is 14.3. The van der Waals surface area contributed by atoms with Gasteiger partial charge < -0.3 is 5.32 Å². The van der Waals surface area contributed by atoms with Gasteiger partial charge in [-0.25, -0.2) is 13.4 Å². The highest BCUT2D eigenvalue weighted by Gasteiger charge is 2.25. The van der Waals surface area contributed by atoms with E-state index in [1.165, 1.54) is 28.6 Å². The number of hydrogen-bond acceptors (Lipinski definition) is 4. The van der Waals surface area contributed by atoms with Gasteiger partial charge in [0.25, 0.3) is 15.9 Å². The van der Waals surface area contributed by atoms with Crippen LogP contribution in [0, 0.1) is 6.92 Å². The van der Waals surface area contributed by atoms with Gasteiger partial charge in [0.15, 0.2) is 0 Å². The van der Waals surface area contributed by atoms with Crippen molar-refractivity contribution in [1.29, 1.82) is 0 Å². The van der Waals surface area contributed by atoms with Crippen molar-refractivity contribution in [2.24, 2.45) is 0 Å². The van der Waals surface area contributed by atoms with Gasteiger partial charge in [-0.05, 0) is 61.5 Å². The molecule has 3 rings (SSSR count). The van der Waals surface area contributed by atoms with E-state index >= 15 is 0 Å². The van der Waals surface area contributed by atoms with E-state index in [-0.39, 0.29) is 17.0 Å². The quantitative estimate of drug-likeness (QED) is 0.540. The Bertz CT molecular complexity index is 1180. The minimum absolute atomic E-state index is 0.0100. The summed E-state index contributed by atoms with van der Waals surface area (Å²) in [4.78, 5) is 16.8. The molecule has 6 nitrogen and oxygen atoms in total. The lowest BCUT2D eigenvalue weighted by molar-refractivity contribution is 0.102. The van der Waals surface area contributed by atoms with Crippen LogP contribution in [0.15, 0.2) is 84.3 Å². The Labute approximate surface area is 180 Å². The minimum atomic E-state index is -3.94. The van der Waals surface area contributed by atoms with E-state index in [1.54, 1.807) is 42.5 Å². The molecule has 0 aliphatic carbocycles. The normalized spacial score (nSPS) is 11.0. The molecule has 3 aromatic rings. The number of hydrogen-bond donors (Lipinski definition) is 1. The number of sulfonamides is 1. The Hall–Kier alpha value is -3.16. The number of benzene rings is 2. The zero-order valence-corrected chi connectivity index (χ0v) is 17.8. The zero-order chi connectivity index (χ0) is 21.7. The summed E-state index contributed by atoms with van der Waals surface area (Å²) in [6.45, 7) is 5.52. The number of amides is 1. The Morgan fingerprint density at radius 3 is 2.50 bits per heavy atom. The first-order valence-electron chi connectivity index (χ1n) is 9.05. The van der Waals surface area contributed by atoms with Gasteiger partial charge in [0.2, 0.25) is 0 Å². The topological polar surface area (TPSA) is 79.4 Å². The number of nitrogens with one attached hydrogen (secondary N) is 1. The molecule has 8 heteroatoms. The summed E-state index contributed by atoms with van der Waals surface area (Å²) in [6, 6.07) is 17.6. The van der Waals surface area contributed by atoms with Gasteiger partial charge in [-0.3, -0.25) is 9.10 Å². The predicted molar refractivity (Wildman–Crippen MR) is 120 cm³/mol. The van der Waals surface area contributed by atoms with Crippen molar-refractivity contribution >= 4 is 39.0 Å². The van der Waals surface area contributed by atoms with Gasteiger partial charge in [0.1, 0.15) is 5.82 Å². The van der Waals surface area contributed by atoms with Gasteiger partial charge in [0.05, 0.1) is 17.1 Å². The zero-order valence-electron chi connectivity index (χ0n) is 16.2. The number of aromatic nitrogens is 1. The van der Waals surface area contributed by atoms with Gasteiger partial charge in [-0.15, -0.1) is 6.58 Å². The average Bonchev–Trinajstić information content (AvgIpc) is 2.73. The minimum Gasteiger partial charge on any atom is -0.307 e. The van der Waals surface area contributed by atoms with E-state index in [9.17, 15) is 13.2 Å². The molecule has 1 heterocycles. The first-order valence-corrected chi connectivity index (χ1v) is 10.9. The monoisotopic (exact) mass is 441 g/mol. The number of nitrogens with zero attached hydrogens (tertiary/aromatic N) is 2. The number of carbonyl (C=O) groups excluding carboxylic acids is 1. The van der Waals surface area contributed by atoms with Crippen molar-refractivity contribution in [3.05, 3.63) is 95.7 Å². The highest BCUT2D eigenvalue weighted by molar-refractivity contribution is 7.92. The van der Waals surface area contributed by atoms with Gasteiger partial charge in [0, 0.05) is 16.3 Å². The van der Waals surface area contributed by atoms with Crippen LogP contribution >= 0.6 is 11.6 Å². The molecule has 1 aromatic heterocycles. The molecule has 2 aromatic carbocycles. The molecule has 0 saturated heterocycles. The van der Waals surface area contributed by atoms with Crippen LogP contribution in [0.5, 0.6) is 0 Å². The van der Waals surface area contributed by atoms with Crippen molar-refractivity contribution in [3.63, 3.8) is 0 Å². The average molecular weight is 442 g/mol. The second-order valence-electron chi connectivity index (χ2n) is 6.45. The molecule has 0 bridgehead atoms. The smallest absolute Gasteiger partial charge is 0.264 e. The summed E-state index contributed by atoms with van der Waals surface area (Å²) in [5, 5.41) is 3.18. The fourth-order valence-corrected chi connectivity index (χ4v) is 4.40. The molecule has 0 radical (unpaired) electrons. The van der Waals surface area contributed by atoms with Crippen LogP contribution in [0.2, 0.25) is 5.02 Å². The van der Waals surface area contributed by atoms with Crippen LogP contribution in [0.1, 0.15) is 16.1 Å². The van der Waals surface area contributed by atoms with Gasteiger partial charge in [-0.2, -0.15) is 0 Å². The molecule has 0 saturated carbocycles. The third-order valence-electron chi connectivity index (χ3n) is 4.22. The van der Waals surface area contributed by atoms with Crippen molar-refractivity contribution < 1.29 is 13.2 Å². The largest absolute Gasteiger partial charge is 0.307 e. The summed E-state index contributed by atoms with van der Waals surface area (Å²) in [6.07, 6.45) is 1.49. The van der Waals surface area contributed by atoms with Crippen LogP contribution in [-0.4, -0.2) is 25.9 Å². The van der Waals surface area contributed by atoms with Crippen LogP contribution in [0.25, 0.3) is 0 Å². The van der Waals surface area contributed by atoms with Gasteiger partial charge >= 0.3 is 0 Å². The van der Waals surface area contributed by atoms with E-state index in [0.29, 0.717) is 16.5 Å². The fourth-order valence-electron chi connectivity index (χ4n) is 2.79. The van der Waals surface area contributed by atoms with E-state index < -0.39 is 15.9 Å². The highest BCUT2D eigenvalue weighted by atomic mass is 35.5. The lowest BCUT2D eigenvalue weighted by Gasteiger charge is -2.23. The molecule has 154 valence electrons. The summed E-state index contributed by atoms with van der Waals surface area (Å²) >= 11 is 5.92. The number of pyridine rings is 1. The molecule has 0 aliphatic heterocycles. The fraction of sp³-hybridized carbons (Fsp3) is 0.0909. The molecular weight excluding hydrogens is 422 g/mol. The molecule has 1 amide bonds. The van der Waals surface area contributed by atoms with Crippen LogP contribution in [0.3, 0.4) is 0 Å². The molecule has 0 unspecified atom stereocenters. The summed E-state index contributed by atoms with van der Waals surface area (Å²) in [5.41, 5.74) is 1.40. The third kappa shape index (κ3) is 4.87. The van der Waals surface area contributed by atoms with Crippen LogP contribution < -0.4 is 9.62 Å². The van der Waals surface area contributed by atoms with E-state index in [4.69, 9.17) is 11.6 Å². The van der Waals surface area contributed by atoms with E-state index in [0.717, 1.165) is 5.69 Å².